The van der Waals surface area contributed by atoms with Crippen LogP contribution >= 0.6 is 0 Å². The third-order valence-electron chi connectivity index (χ3n) is 8.32. The molecule has 0 unspecified atom stereocenters. The van der Waals surface area contributed by atoms with E-state index in [1.165, 1.54) is 5.56 Å². The molecular weight excluding hydrogens is 510 g/mol. The number of carbonyl (C=O) groups is 1. The van der Waals surface area contributed by atoms with E-state index in [0.717, 1.165) is 11.3 Å². The summed E-state index contributed by atoms with van der Waals surface area (Å²) in [5.74, 6) is 2.79. The Bertz CT molecular complexity index is 1140. The highest BCUT2D eigenvalue weighted by molar-refractivity contribution is 6.78. The van der Waals surface area contributed by atoms with Crippen LogP contribution in [-0.4, -0.2) is 53.1 Å². The minimum absolute atomic E-state index is 0.102. The number of amides is 1. The van der Waals surface area contributed by atoms with Crippen molar-refractivity contribution in [2.45, 2.75) is 90.5 Å². The van der Waals surface area contributed by atoms with Crippen molar-refractivity contribution in [1.82, 2.24) is 4.90 Å². The van der Waals surface area contributed by atoms with E-state index in [-0.39, 0.29) is 5.91 Å². The van der Waals surface area contributed by atoms with Gasteiger partial charge < -0.3 is 28.3 Å². The van der Waals surface area contributed by atoms with Crippen molar-refractivity contribution >= 4 is 14.2 Å². The molecule has 2 aromatic carbocycles. The molecule has 39 heavy (non-hydrogen) atoms. The van der Waals surface area contributed by atoms with E-state index in [9.17, 15) is 4.79 Å². The Labute approximate surface area is 235 Å². The number of hydrogen-bond acceptors (Lipinski definition) is 6. The van der Waals surface area contributed by atoms with Gasteiger partial charge in [-0.25, -0.2) is 0 Å². The molecule has 7 nitrogen and oxygen atoms in total. The summed E-state index contributed by atoms with van der Waals surface area (Å²) in [5, 5.41) is 0. The van der Waals surface area contributed by atoms with Crippen molar-refractivity contribution in [2.24, 2.45) is 0 Å². The van der Waals surface area contributed by atoms with Gasteiger partial charge in [-0.3, -0.25) is 4.79 Å². The first-order chi connectivity index (χ1) is 18.3. The van der Waals surface area contributed by atoms with Gasteiger partial charge in [0.1, 0.15) is 5.75 Å². The summed E-state index contributed by atoms with van der Waals surface area (Å²) in [6, 6.07) is 7.63. The highest BCUT2D eigenvalue weighted by Gasteiger charge is 2.48. The average Bonchev–Trinajstić information content (AvgIpc) is 2.88. The molecule has 1 aliphatic rings. The molecule has 0 aromatic heterocycles. The van der Waals surface area contributed by atoms with E-state index in [1.807, 2.05) is 4.90 Å². The molecule has 2 aromatic rings. The van der Waals surface area contributed by atoms with Crippen molar-refractivity contribution in [3.63, 3.8) is 0 Å². The maximum atomic E-state index is 13.9. The van der Waals surface area contributed by atoms with E-state index in [2.05, 4.69) is 67.5 Å². The number of hydrogen-bond donors (Lipinski definition) is 0. The van der Waals surface area contributed by atoms with E-state index in [4.69, 9.17) is 23.4 Å². The molecule has 3 rings (SSSR count). The van der Waals surface area contributed by atoms with Gasteiger partial charge >= 0.3 is 0 Å². The number of fused-ring (bicyclic) bond motifs is 1. The maximum absolute atomic E-state index is 13.9. The predicted octanol–water partition coefficient (Wildman–Crippen LogP) is 7.25. The van der Waals surface area contributed by atoms with Gasteiger partial charge in [0, 0.05) is 17.6 Å². The van der Waals surface area contributed by atoms with E-state index in [1.54, 1.807) is 40.6 Å². The minimum atomic E-state index is -2.18. The quantitative estimate of drug-likeness (QED) is 0.287. The maximum Gasteiger partial charge on any atom is 0.258 e. The van der Waals surface area contributed by atoms with Crippen LogP contribution in [0.3, 0.4) is 0 Å². The first kappa shape index (κ1) is 30.7. The third-order valence-corrected chi connectivity index (χ3v) is 14.3. The molecule has 0 spiro atoms. The molecule has 8 heteroatoms. The Kier molecular flexibility index (Phi) is 9.20. The summed E-state index contributed by atoms with van der Waals surface area (Å²) in [7, 11) is 4.16. The molecular formula is C31H47NO6Si. The van der Waals surface area contributed by atoms with Gasteiger partial charge in [-0.15, -0.1) is 0 Å². The summed E-state index contributed by atoms with van der Waals surface area (Å²) in [6.07, 6.45) is 0.693. The molecule has 1 heterocycles. The van der Waals surface area contributed by atoms with Crippen LogP contribution in [0.5, 0.6) is 28.7 Å². The molecule has 0 saturated heterocycles. The van der Waals surface area contributed by atoms with Crippen LogP contribution in [0.4, 0.5) is 0 Å². The SMILES string of the molecule is COc1cc2c(cc1O[Si](C(C)C)(C(C)C)C(C)C)CC(C)(C)N(C(=O)c1cc(OC)c(OC)c(OC)c1)C2. The lowest BCUT2D eigenvalue weighted by atomic mass is 9.84. The van der Waals surface area contributed by atoms with Crippen LogP contribution in [0.25, 0.3) is 0 Å². The molecule has 0 N–H and O–H groups in total. The number of methoxy groups -OCH3 is 4. The van der Waals surface area contributed by atoms with Gasteiger partial charge in [-0.05, 0) is 72.3 Å². The summed E-state index contributed by atoms with van der Waals surface area (Å²) >= 11 is 0. The largest absolute Gasteiger partial charge is 0.540 e. The summed E-state index contributed by atoms with van der Waals surface area (Å²) in [6.45, 7) is 18.4. The normalized spacial score (nSPS) is 14.9. The number of ether oxygens (including phenoxy) is 4. The lowest BCUT2D eigenvalue weighted by Crippen LogP contribution is -2.52. The molecule has 0 radical (unpaired) electrons. The van der Waals surface area contributed by atoms with Crippen LogP contribution < -0.4 is 23.4 Å². The van der Waals surface area contributed by atoms with E-state index < -0.39 is 13.9 Å². The van der Waals surface area contributed by atoms with Crippen LogP contribution in [-0.2, 0) is 13.0 Å². The van der Waals surface area contributed by atoms with Crippen molar-refractivity contribution in [3.8, 4) is 28.7 Å². The standard InChI is InChI=1S/C31H47NO6Si/c1-19(2)39(20(3)4,21(5)6)38-26-15-23-17-31(7,8)32(18-24(23)16-25(26)34-9)30(33)22-13-27(35-10)29(37-12)28(14-22)36-11/h13-16,19-21H,17-18H2,1-12H3. The fraction of sp³-hybridized carbons (Fsp3) is 0.581. The van der Waals surface area contributed by atoms with Crippen LogP contribution in [0, 0.1) is 0 Å². The van der Waals surface area contributed by atoms with E-state index >= 15 is 0 Å². The monoisotopic (exact) mass is 557 g/mol. The molecule has 1 amide bonds. The van der Waals surface area contributed by atoms with Crippen molar-refractivity contribution in [1.29, 1.82) is 0 Å². The zero-order valence-electron chi connectivity index (χ0n) is 25.9. The van der Waals surface area contributed by atoms with Gasteiger partial charge in [0.25, 0.3) is 14.2 Å². The molecule has 0 atom stereocenters. The number of benzene rings is 2. The van der Waals surface area contributed by atoms with Gasteiger partial charge in [0.2, 0.25) is 5.75 Å². The fourth-order valence-corrected chi connectivity index (χ4v) is 11.6. The summed E-state index contributed by atoms with van der Waals surface area (Å²) in [5.41, 5.74) is 3.63. The van der Waals surface area contributed by atoms with E-state index in [0.29, 0.717) is 58.2 Å². The topological polar surface area (TPSA) is 66.5 Å². The Morgan fingerprint density at radius 2 is 1.23 bits per heavy atom. The van der Waals surface area contributed by atoms with Gasteiger partial charge in [0.05, 0.1) is 28.4 Å². The minimum Gasteiger partial charge on any atom is -0.540 e. The van der Waals surface area contributed by atoms with Gasteiger partial charge in [0.15, 0.2) is 17.2 Å². The second-order valence-electron chi connectivity index (χ2n) is 12.0. The molecule has 0 aliphatic carbocycles. The van der Waals surface area contributed by atoms with Gasteiger partial charge in [-0.2, -0.15) is 0 Å². The van der Waals surface area contributed by atoms with Crippen molar-refractivity contribution < 1.29 is 28.2 Å². The highest BCUT2D eigenvalue weighted by atomic mass is 28.4. The number of rotatable bonds is 10. The van der Waals surface area contributed by atoms with Crippen molar-refractivity contribution in [2.75, 3.05) is 28.4 Å². The zero-order chi connectivity index (χ0) is 29.3. The molecule has 0 saturated carbocycles. The van der Waals surface area contributed by atoms with Gasteiger partial charge in [-0.1, -0.05) is 41.5 Å². The Morgan fingerprint density at radius 1 is 0.744 bits per heavy atom. The fourth-order valence-electron chi connectivity index (χ4n) is 6.39. The van der Waals surface area contributed by atoms with Crippen LogP contribution in [0.1, 0.15) is 76.9 Å². The van der Waals surface area contributed by atoms with Crippen molar-refractivity contribution in [3.05, 3.63) is 41.0 Å². The summed E-state index contributed by atoms with van der Waals surface area (Å²) in [4.78, 5) is 15.8. The Morgan fingerprint density at radius 3 is 1.67 bits per heavy atom. The molecule has 0 fully saturated rings. The molecule has 1 aliphatic heterocycles. The lowest BCUT2D eigenvalue weighted by Gasteiger charge is -2.45. The second kappa shape index (κ2) is 11.7. The Hall–Kier alpha value is -2.87. The first-order valence-electron chi connectivity index (χ1n) is 13.8. The zero-order valence-corrected chi connectivity index (χ0v) is 26.9. The highest BCUT2D eigenvalue weighted by Crippen LogP contribution is 2.47. The lowest BCUT2D eigenvalue weighted by molar-refractivity contribution is 0.0487. The molecule has 0 bridgehead atoms. The predicted molar refractivity (Wildman–Crippen MR) is 158 cm³/mol. The Balaban J connectivity index is 2.05. The van der Waals surface area contributed by atoms with Crippen LogP contribution in [0.15, 0.2) is 24.3 Å². The smallest absolute Gasteiger partial charge is 0.258 e. The molecule has 216 valence electrons. The number of nitrogens with zero attached hydrogens (tertiary/aromatic N) is 1. The summed E-state index contributed by atoms with van der Waals surface area (Å²) < 4.78 is 29.3. The van der Waals surface area contributed by atoms with Crippen LogP contribution in [0.2, 0.25) is 16.6 Å². The average molecular weight is 558 g/mol. The first-order valence-corrected chi connectivity index (χ1v) is 15.9. The second-order valence-corrected chi connectivity index (χ2v) is 17.4. The third kappa shape index (κ3) is 5.58. The number of carbonyl (C=O) groups excluding carboxylic acids is 1.